The molecule has 0 amide bonds. The molecule has 0 aliphatic heterocycles. The van der Waals surface area contributed by atoms with Gasteiger partial charge in [-0.15, -0.1) is 11.3 Å². The van der Waals surface area contributed by atoms with Gasteiger partial charge in [-0.1, -0.05) is 91.0 Å². The van der Waals surface area contributed by atoms with Crippen molar-refractivity contribution < 1.29 is 0 Å². The third kappa shape index (κ3) is 3.79. The fraction of sp³-hybridized carbons (Fsp3) is 0. The smallest absolute Gasteiger partial charge is 0.165 e. The molecule has 4 nitrogen and oxygen atoms in total. The van der Waals surface area contributed by atoms with E-state index in [1.54, 1.807) is 0 Å². The highest BCUT2D eigenvalue weighted by Crippen LogP contribution is 2.44. The van der Waals surface area contributed by atoms with Gasteiger partial charge in [-0.3, -0.25) is 4.57 Å². The zero-order valence-electron chi connectivity index (χ0n) is 26.2. The number of para-hydroxylation sites is 5. The SMILES string of the molecule is c1ccc(-n2c3ccccc3c3c4c5ccccc5n(-c5nc6ccccc6nc5-c5ccc6sc7ccccc7c6c5)c4ccc32)cc1. The van der Waals surface area contributed by atoms with Gasteiger partial charge in [0, 0.05) is 53.0 Å². The molecule has 7 aromatic carbocycles. The van der Waals surface area contributed by atoms with Gasteiger partial charge in [-0.2, -0.15) is 0 Å². The standard InChI is InChI=1S/C44H26N4S/c1-2-12-28(13-3-1)47-35-19-9-4-15-30(35)41-37(47)23-24-38-42(41)31-16-5-10-20-36(31)48(38)44-43(45-33-17-7-8-18-34(33)46-44)27-22-25-40-32(26-27)29-14-6-11-21-39(29)49-40/h1-26H. The Bertz CT molecular complexity index is 3110. The molecule has 0 bridgehead atoms. The zero-order chi connectivity index (χ0) is 32.1. The van der Waals surface area contributed by atoms with E-state index in [2.05, 4.69) is 155 Å². The van der Waals surface area contributed by atoms with Crippen molar-refractivity contribution in [1.29, 1.82) is 0 Å². The molecule has 11 rings (SSSR count). The van der Waals surface area contributed by atoms with Crippen molar-refractivity contribution in [3.05, 3.63) is 158 Å². The molecular formula is C44H26N4S. The monoisotopic (exact) mass is 642 g/mol. The molecule has 228 valence electrons. The minimum Gasteiger partial charge on any atom is -0.309 e. The summed E-state index contributed by atoms with van der Waals surface area (Å²) in [6.45, 7) is 0. The highest BCUT2D eigenvalue weighted by molar-refractivity contribution is 7.25. The van der Waals surface area contributed by atoms with Crippen LogP contribution in [0.4, 0.5) is 0 Å². The fourth-order valence-electron chi connectivity index (χ4n) is 7.82. The molecule has 0 radical (unpaired) electrons. The van der Waals surface area contributed by atoms with Crippen LogP contribution in [0.3, 0.4) is 0 Å². The second-order valence-electron chi connectivity index (χ2n) is 12.6. The molecule has 11 aromatic rings. The van der Waals surface area contributed by atoms with Crippen LogP contribution in [0.15, 0.2) is 158 Å². The lowest BCUT2D eigenvalue weighted by atomic mass is 10.1. The second-order valence-corrected chi connectivity index (χ2v) is 13.7. The van der Waals surface area contributed by atoms with Gasteiger partial charge in [0.25, 0.3) is 0 Å². The number of rotatable bonds is 3. The summed E-state index contributed by atoms with van der Waals surface area (Å²) in [4.78, 5) is 10.8. The van der Waals surface area contributed by atoms with Crippen LogP contribution >= 0.6 is 11.3 Å². The Labute approximate surface area is 284 Å². The first-order chi connectivity index (χ1) is 24.3. The van der Waals surface area contributed by atoms with Gasteiger partial charge in [-0.25, -0.2) is 9.97 Å². The van der Waals surface area contributed by atoms with Crippen LogP contribution in [0.1, 0.15) is 0 Å². The Morgan fingerprint density at radius 2 is 0.980 bits per heavy atom. The van der Waals surface area contributed by atoms with E-state index in [0.717, 1.165) is 44.8 Å². The summed E-state index contributed by atoms with van der Waals surface area (Å²) in [5.41, 5.74) is 9.41. The molecule has 49 heavy (non-hydrogen) atoms. The predicted octanol–water partition coefficient (Wildman–Crippen LogP) is 11.9. The molecule has 0 fully saturated rings. The summed E-state index contributed by atoms with van der Waals surface area (Å²) in [6, 6.07) is 56.3. The van der Waals surface area contributed by atoms with Crippen molar-refractivity contribution in [2.75, 3.05) is 0 Å². The van der Waals surface area contributed by atoms with Crippen molar-refractivity contribution >= 4 is 86.2 Å². The minimum absolute atomic E-state index is 0.829. The van der Waals surface area contributed by atoms with Gasteiger partial charge in [0.05, 0.1) is 33.1 Å². The normalized spacial score (nSPS) is 12.1. The third-order valence-electron chi connectivity index (χ3n) is 9.90. The average Bonchev–Trinajstić information content (AvgIpc) is 3.82. The number of thiophene rings is 1. The predicted molar refractivity (Wildman–Crippen MR) is 207 cm³/mol. The number of fused-ring (bicyclic) bond motifs is 11. The first kappa shape index (κ1) is 26.7. The molecule has 5 heteroatoms. The van der Waals surface area contributed by atoms with E-state index in [1.807, 2.05) is 23.5 Å². The van der Waals surface area contributed by atoms with Gasteiger partial charge in [0.15, 0.2) is 5.82 Å². The summed E-state index contributed by atoms with van der Waals surface area (Å²) in [5.74, 6) is 0.829. The molecule has 0 atom stereocenters. The van der Waals surface area contributed by atoms with Crippen molar-refractivity contribution in [1.82, 2.24) is 19.1 Å². The molecule has 0 N–H and O–H groups in total. The van der Waals surface area contributed by atoms with Crippen LogP contribution in [-0.2, 0) is 0 Å². The molecule has 0 spiro atoms. The Hall–Kier alpha value is -6.30. The summed E-state index contributed by atoms with van der Waals surface area (Å²) < 4.78 is 7.29. The maximum Gasteiger partial charge on any atom is 0.165 e. The van der Waals surface area contributed by atoms with Crippen molar-refractivity contribution in [2.45, 2.75) is 0 Å². The van der Waals surface area contributed by atoms with Crippen LogP contribution in [0.5, 0.6) is 0 Å². The topological polar surface area (TPSA) is 35.6 Å². The lowest BCUT2D eigenvalue weighted by Gasteiger charge is -2.14. The lowest BCUT2D eigenvalue weighted by Crippen LogP contribution is -2.03. The van der Waals surface area contributed by atoms with Gasteiger partial charge < -0.3 is 4.57 Å². The second kappa shape index (κ2) is 10.1. The molecule has 4 aromatic heterocycles. The van der Waals surface area contributed by atoms with Crippen LogP contribution in [-0.4, -0.2) is 19.1 Å². The van der Waals surface area contributed by atoms with Crippen LogP contribution in [0.25, 0.3) is 97.6 Å². The fourth-order valence-corrected chi connectivity index (χ4v) is 8.90. The number of hydrogen-bond acceptors (Lipinski definition) is 3. The van der Waals surface area contributed by atoms with E-state index < -0.39 is 0 Å². The first-order valence-corrected chi connectivity index (χ1v) is 17.3. The number of hydrogen-bond donors (Lipinski definition) is 0. The van der Waals surface area contributed by atoms with E-state index in [0.29, 0.717) is 0 Å². The molecule has 0 unspecified atom stereocenters. The number of nitrogens with zero attached hydrogens (tertiary/aromatic N) is 4. The van der Waals surface area contributed by atoms with Gasteiger partial charge in [0.1, 0.15) is 5.69 Å². The minimum atomic E-state index is 0.829. The van der Waals surface area contributed by atoms with E-state index in [-0.39, 0.29) is 0 Å². The molecule has 0 aliphatic rings. The van der Waals surface area contributed by atoms with E-state index in [9.17, 15) is 0 Å². The Morgan fingerprint density at radius 3 is 1.73 bits per heavy atom. The van der Waals surface area contributed by atoms with Crippen LogP contribution in [0, 0.1) is 0 Å². The Kier molecular flexibility index (Phi) is 5.51. The molecular weight excluding hydrogens is 617 g/mol. The van der Waals surface area contributed by atoms with Crippen molar-refractivity contribution in [2.24, 2.45) is 0 Å². The highest BCUT2D eigenvalue weighted by atomic mass is 32.1. The maximum absolute atomic E-state index is 5.42. The van der Waals surface area contributed by atoms with Crippen molar-refractivity contribution in [3.8, 4) is 22.8 Å². The maximum atomic E-state index is 5.42. The lowest BCUT2D eigenvalue weighted by molar-refractivity contribution is 1.08. The number of aromatic nitrogens is 4. The first-order valence-electron chi connectivity index (χ1n) is 16.5. The van der Waals surface area contributed by atoms with Gasteiger partial charge in [0.2, 0.25) is 0 Å². The number of benzene rings is 7. The van der Waals surface area contributed by atoms with E-state index in [1.165, 1.54) is 52.8 Å². The molecule has 0 aliphatic carbocycles. The van der Waals surface area contributed by atoms with Crippen LogP contribution in [0.2, 0.25) is 0 Å². The largest absolute Gasteiger partial charge is 0.309 e. The molecule has 4 heterocycles. The zero-order valence-corrected chi connectivity index (χ0v) is 27.0. The summed E-state index contributed by atoms with van der Waals surface area (Å²) >= 11 is 1.83. The Balaban J connectivity index is 1.28. The average molecular weight is 643 g/mol. The molecule has 0 saturated heterocycles. The summed E-state index contributed by atoms with van der Waals surface area (Å²) in [5, 5.41) is 7.41. The third-order valence-corrected chi connectivity index (χ3v) is 11.1. The van der Waals surface area contributed by atoms with Gasteiger partial charge >= 0.3 is 0 Å². The highest BCUT2D eigenvalue weighted by Gasteiger charge is 2.23. The summed E-state index contributed by atoms with van der Waals surface area (Å²) in [7, 11) is 0. The molecule has 0 saturated carbocycles. The quantitative estimate of drug-likeness (QED) is 0.192. The van der Waals surface area contributed by atoms with E-state index in [4.69, 9.17) is 9.97 Å². The van der Waals surface area contributed by atoms with E-state index >= 15 is 0 Å². The van der Waals surface area contributed by atoms with Crippen molar-refractivity contribution in [3.63, 3.8) is 0 Å². The van der Waals surface area contributed by atoms with Crippen LogP contribution < -0.4 is 0 Å². The summed E-state index contributed by atoms with van der Waals surface area (Å²) in [6.07, 6.45) is 0. The Morgan fingerprint density at radius 1 is 0.408 bits per heavy atom. The van der Waals surface area contributed by atoms with Gasteiger partial charge in [-0.05, 0) is 66.7 Å².